The standard InChI is InChI=1S/C17H22N2OS/c1-12-4-2-5-13(10-12)15-18-17(7-8-17)16(20)19(15)11-14-6-3-9-21-14/h2,4-5,10,14-15,18H,3,6-9,11H2,1H3. The Labute approximate surface area is 130 Å². The van der Waals surface area contributed by atoms with Gasteiger partial charge in [0.1, 0.15) is 11.7 Å². The van der Waals surface area contributed by atoms with Crippen LogP contribution in [0.2, 0.25) is 0 Å². The lowest BCUT2D eigenvalue weighted by atomic mass is 10.1. The van der Waals surface area contributed by atoms with Gasteiger partial charge in [-0.25, -0.2) is 0 Å². The first-order valence-electron chi connectivity index (χ1n) is 7.95. The molecule has 0 aromatic heterocycles. The molecule has 1 aromatic rings. The number of benzene rings is 1. The molecule has 1 amide bonds. The van der Waals surface area contributed by atoms with Crippen molar-refractivity contribution in [2.75, 3.05) is 12.3 Å². The molecule has 2 atom stereocenters. The lowest BCUT2D eigenvalue weighted by Crippen LogP contribution is -2.36. The quantitative estimate of drug-likeness (QED) is 0.932. The summed E-state index contributed by atoms with van der Waals surface area (Å²) in [6, 6.07) is 8.57. The van der Waals surface area contributed by atoms with Crippen LogP contribution in [0.15, 0.2) is 24.3 Å². The van der Waals surface area contributed by atoms with Crippen molar-refractivity contribution in [1.82, 2.24) is 10.2 Å². The molecule has 2 unspecified atom stereocenters. The lowest BCUT2D eigenvalue weighted by Gasteiger charge is -2.27. The van der Waals surface area contributed by atoms with Gasteiger partial charge in [0.2, 0.25) is 5.91 Å². The third kappa shape index (κ3) is 2.38. The molecule has 1 aliphatic carbocycles. The maximum Gasteiger partial charge on any atom is 0.244 e. The van der Waals surface area contributed by atoms with E-state index in [-0.39, 0.29) is 11.7 Å². The molecular formula is C17H22N2OS. The van der Waals surface area contributed by atoms with Crippen molar-refractivity contribution in [3.63, 3.8) is 0 Å². The molecule has 1 saturated carbocycles. The summed E-state index contributed by atoms with van der Waals surface area (Å²) in [6.45, 7) is 3.02. The van der Waals surface area contributed by atoms with Crippen molar-refractivity contribution in [3.8, 4) is 0 Å². The molecule has 21 heavy (non-hydrogen) atoms. The number of thioether (sulfide) groups is 1. The number of carbonyl (C=O) groups excluding carboxylic acids is 1. The minimum atomic E-state index is -0.225. The Morgan fingerprint density at radius 2 is 2.29 bits per heavy atom. The van der Waals surface area contributed by atoms with E-state index in [2.05, 4.69) is 41.4 Å². The normalized spacial score (nSPS) is 30.3. The maximum absolute atomic E-state index is 12.8. The molecular weight excluding hydrogens is 280 g/mol. The fraction of sp³-hybridized carbons (Fsp3) is 0.588. The van der Waals surface area contributed by atoms with Crippen LogP contribution in [0.4, 0.5) is 0 Å². The van der Waals surface area contributed by atoms with Gasteiger partial charge in [0.25, 0.3) is 0 Å². The highest BCUT2D eigenvalue weighted by atomic mass is 32.2. The zero-order chi connectivity index (χ0) is 14.4. The zero-order valence-corrected chi connectivity index (χ0v) is 13.3. The number of nitrogens with zero attached hydrogens (tertiary/aromatic N) is 1. The van der Waals surface area contributed by atoms with Crippen molar-refractivity contribution < 1.29 is 4.79 Å². The van der Waals surface area contributed by atoms with Gasteiger partial charge in [-0.3, -0.25) is 10.1 Å². The van der Waals surface area contributed by atoms with Crippen LogP contribution in [0.1, 0.15) is 43.0 Å². The average Bonchev–Trinajstić information content (AvgIpc) is 2.98. The Morgan fingerprint density at radius 3 is 2.95 bits per heavy atom. The van der Waals surface area contributed by atoms with Crippen molar-refractivity contribution in [3.05, 3.63) is 35.4 Å². The summed E-state index contributed by atoms with van der Waals surface area (Å²) in [4.78, 5) is 14.9. The molecule has 3 nitrogen and oxygen atoms in total. The van der Waals surface area contributed by atoms with Crippen LogP contribution in [0.25, 0.3) is 0 Å². The minimum absolute atomic E-state index is 0.0705. The second-order valence-electron chi connectivity index (χ2n) is 6.64. The highest BCUT2D eigenvalue weighted by Gasteiger charge is 2.59. The molecule has 0 bridgehead atoms. The minimum Gasteiger partial charge on any atom is -0.320 e. The van der Waals surface area contributed by atoms with Crippen molar-refractivity contribution in [2.24, 2.45) is 0 Å². The molecule has 2 saturated heterocycles. The van der Waals surface area contributed by atoms with Crippen LogP contribution in [0.5, 0.6) is 0 Å². The first-order valence-corrected chi connectivity index (χ1v) is 9.00. The number of hydrogen-bond acceptors (Lipinski definition) is 3. The van der Waals surface area contributed by atoms with Crippen LogP contribution in [0, 0.1) is 6.92 Å². The predicted octanol–water partition coefficient (Wildman–Crippen LogP) is 2.85. The largest absolute Gasteiger partial charge is 0.320 e. The van der Waals surface area contributed by atoms with Crippen molar-refractivity contribution in [1.29, 1.82) is 0 Å². The van der Waals surface area contributed by atoms with Gasteiger partial charge >= 0.3 is 0 Å². The summed E-state index contributed by atoms with van der Waals surface area (Å²) < 4.78 is 0. The summed E-state index contributed by atoms with van der Waals surface area (Å²) in [7, 11) is 0. The van der Waals surface area contributed by atoms with E-state index in [1.54, 1.807) is 0 Å². The Balaban J connectivity index is 1.61. The fourth-order valence-electron chi connectivity index (χ4n) is 3.58. The van der Waals surface area contributed by atoms with Crippen molar-refractivity contribution >= 4 is 17.7 Å². The Kier molecular flexibility index (Phi) is 3.27. The van der Waals surface area contributed by atoms with E-state index in [1.807, 2.05) is 11.8 Å². The number of aryl methyl sites for hydroxylation is 1. The van der Waals surface area contributed by atoms with Crippen LogP contribution in [-0.4, -0.2) is 33.9 Å². The highest BCUT2D eigenvalue weighted by molar-refractivity contribution is 8.00. The van der Waals surface area contributed by atoms with Gasteiger partial charge in [0, 0.05) is 11.8 Å². The molecule has 1 spiro atoms. The molecule has 3 aliphatic rings. The number of carbonyl (C=O) groups is 1. The molecule has 3 fully saturated rings. The van der Waals surface area contributed by atoms with E-state index < -0.39 is 0 Å². The van der Waals surface area contributed by atoms with E-state index >= 15 is 0 Å². The zero-order valence-electron chi connectivity index (χ0n) is 12.5. The molecule has 1 N–H and O–H groups in total. The maximum atomic E-state index is 12.8. The Bertz CT molecular complexity index is 564. The lowest BCUT2D eigenvalue weighted by molar-refractivity contribution is -0.130. The van der Waals surface area contributed by atoms with E-state index in [1.165, 1.54) is 29.7 Å². The van der Waals surface area contributed by atoms with Crippen LogP contribution in [0.3, 0.4) is 0 Å². The SMILES string of the molecule is Cc1cccc(C2NC3(CC3)C(=O)N2CC2CCCS2)c1. The number of rotatable bonds is 3. The van der Waals surface area contributed by atoms with Gasteiger partial charge in [0.05, 0.1) is 0 Å². The van der Waals surface area contributed by atoms with Gasteiger partial charge in [-0.15, -0.1) is 0 Å². The van der Waals surface area contributed by atoms with Gasteiger partial charge in [-0.1, -0.05) is 29.8 Å². The molecule has 4 heteroatoms. The third-order valence-electron chi connectivity index (χ3n) is 4.93. The second-order valence-corrected chi connectivity index (χ2v) is 8.04. The smallest absolute Gasteiger partial charge is 0.244 e. The molecule has 1 aromatic carbocycles. The third-order valence-corrected chi connectivity index (χ3v) is 6.31. The fourth-order valence-corrected chi connectivity index (χ4v) is 4.84. The highest BCUT2D eigenvalue weighted by Crippen LogP contribution is 2.46. The van der Waals surface area contributed by atoms with Crippen LogP contribution in [-0.2, 0) is 4.79 Å². The van der Waals surface area contributed by atoms with Crippen LogP contribution < -0.4 is 5.32 Å². The molecule has 0 radical (unpaired) electrons. The summed E-state index contributed by atoms with van der Waals surface area (Å²) in [5.74, 6) is 1.59. The number of nitrogens with one attached hydrogen (secondary N) is 1. The van der Waals surface area contributed by atoms with E-state index in [9.17, 15) is 4.79 Å². The van der Waals surface area contributed by atoms with E-state index in [4.69, 9.17) is 0 Å². The summed E-state index contributed by atoms with van der Waals surface area (Å²) in [5.41, 5.74) is 2.27. The molecule has 4 rings (SSSR count). The van der Waals surface area contributed by atoms with Gasteiger partial charge in [-0.2, -0.15) is 11.8 Å². The second kappa shape index (κ2) is 5.03. The summed E-state index contributed by atoms with van der Waals surface area (Å²) in [6.07, 6.45) is 4.62. The Morgan fingerprint density at radius 1 is 1.43 bits per heavy atom. The summed E-state index contributed by atoms with van der Waals surface area (Å²) in [5, 5.41) is 4.25. The number of hydrogen-bond donors (Lipinski definition) is 1. The van der Waals surface area contributed by atoms with E-state index in [0.717, 1.165) is 19.4 Å². The molecule has 2 aliphatic heterocycles. The van der Waals surface area contributed by atoms with Gasteiger partial charge < -0.3 is 4.90 Å². The topological polar surface area (TPSA) is 32.3 Å². The Hall–Kier alpha value is -1.00. The first-order chi connectivity index (χ1) is 10.2. The number of amides is 1. The van der Waals surface area contributed by atoms with Gasteiger partial charge in [0.15, 0.2) is 0 Å². The first kappa shape index (κ1) is 13.6. The monoisotopic (exact) mass is 302 g/mol. The molecule has 2 heterocycles. The predicted molar refractivity (Wildman–Crippen MR) is 86.2 cm³/mol. The van der Waals surface area contributed by atoms with Crippen molar-refractivity contribution in [2.45, 2.75) is 49.6 Å². The average molecular weight is 302 g/mol. The van der Waals surface area contributed by atoms with E-state index in [0.29, 0.717) is 11.2 Å². The molecule has 112 valence electrons. The van der Waals surface area contributed by atoms with Crippen LogP contribution >= 0.6 is 11.8 Å². The summed E-state index contributed by atoms with van der Waals surface area (Å²) >= 11 is 2.03. The van der Waals surface area contributed by atoms with Gasteiger partial charge in [-0.05, 0) is 43.9 Å².